The van der Waals surface area contributed by atoms with E-state index in [4.69, 9.17) is 0 Å². The number of benzene rings is 1. The molecular weight excluding hydrogens is 310 g/mol. The fourth-order valence-electron chi connectivity index (χ4n) is 2.32. The van der Waals surface area contributed by atoms with Crippen LogP contribution in [0, 0.1) is 25.7 Å². The second-order valence-electron chi connectivity index (χ2n) is 6.00. The lowest BCUT2D eigenvalue weighted by molar-refractivity contribution is -0.117. The number of nitrogens with one attached hydrogen (secondary N) is 2. The molecule has 0 saturated heterocycles. The Kier molecular flexibility index (Phi) is 4.17. The van der Waals surface area contributed by atoms with Crippen LogP contribution in [0.3, 0.4) is 0 Å². The summed E-state index contributed by atoms with van der Waals surface area (Å²) in [7, 11) is 0. The van der Waals surface area contributed by atoms with Gasteiger partial charge in [-0.15, -0.1) is 11.3 Å². The molecule has 3 rings (SSSR count). The zero-order valence-corrected chi connectivity index (χ0v) is 14.2. The summed E-state index contributed by atoms with van der Waals surface area (Å²) in [5.74, 6) is 0.468. The summed E-state index contributed by atoms with van der Waals surface area (Å²) in [5.41, 5.74) is 2.18. The third kappa shape index (κ3) is 3.59. The van der Waals surface area contributed by atoms with Crippen LogP contribution in [0.2, 0.25) is 0 Å². The van der Waals surface area contributed by atoms with Crippen LogP contribution in [-0.2, 0) is 4.79 Å². The standard InChI is InChI=1S/C17H19N3O2S/c1-9-8-14(9)16(22)19-13-6-4-12(5-7-13)15(21)20-17-18-10(2)11(3)23-17/h4-7,9,14H,8H2,1-3H3,(H,19,22)(H,18,20,21)/t9-,14+/m0/s1. The summed E-state index contributed by atoms with van der Waals surface area (Å²) in [6.07, 6.45) is 0.957. The van der Waals surface area contributed by atoms with Crippen molar-refractivity contribution in [3.63, 3.8) is 0 Å². The maximum absolute atomic E-state index is 12.2. The lowest BCUT2D eigenvalue weighted by Gasteiger charge is -2.06. The van der Waals surface area contributed by atoms with E-state index in [2.05, 4.69) is 22.5 Å². The van der Waals surface area contributed by atoms with E-state index < -0.39 is 0 Å². The molecule has 1 aromatic heterocycles. The molecule has 2 N–H and O–H groups in total. The van der Waals surface area contributed by atoms with Gasteiger partial charge >= 0.3 is 0 Å². The fourth-order valence-corrected chi connectivity index (χ4v) is 3.13. The topological polar surface area (TPSA) is 71.1 Å². The van der Waals surface area contributed by atoms with Crippen molar-refractivity contribution in [3.05, 3.63) is 40.4 Å². The van der Waals surface area contributed by atoms with Gasteiger partial charge in [-0.05, 0) is 50.5 Å². The Bertz CT molecular complexity index is 732. The first-order valence-electron chi connectivity index (χ1n) is 7.60. The first-order chi connectivity index (χ1) is 10.9. The number of hydrogen-bond acceptors (Lipinski definition) is 4. The maximum Gasteiger partial charge on any atom is 0.257 e. The van der Waals surface area contributed by atoms with Crippen LogP contribution in [0.5, 0.6) is 0 Å². The summed E-state index contributed by atoms with van der Waals surface area (Å²) < 4.78 is 0. The van der Waals surface area contributed by atoms with Gasteiger partial charge in [0.1, 0.15) is 0 Å². The van der Waals surface area contributed by atoms with Gasteiger partial charge in [0, 0.05) is 22.0 Å². The summed E-state index contributed by atoms with van der Waals surface area (Å²) >= 11 is 1.46. The number of carbonyl (C=O) groups excluding carboxylic acids is 2. The summed E-state index contributed by atoms with van der Waals surface area (Å²) in [6, 6.07) is 6.90. The lowest BCUT2D eigenvalue weighted by atomic mass is 10.2. The quantitative estimate of drug-likeness (QED) is 0.900. The summed E-state index contributed by atoms with van der Waals surface area (Å²) in [4.78, 5) is 29.5. The number of aryl methyl sites for hydroxylation is 2. The molecule has 1 saturated carbocycles. The molecule has 6 heteroatoms. The van der Waals surface area contributed by atoms with Crippen molar-refractivity contribution in [2.45, 2.75) is 27.2 Å². The number of nitrogens with zero attached hydrogens (tertiary/aromatic N) is 1. The predicted molar refractivity (Wildman–Crippen MR) is 91.9 cm³/mol. The van der Waals surface area contributed by atoms with E-state index in [9.17, 15) is 9.59 Å². The average molecular weight is 329 g/mol. The van der Waals surface area contributed by atoms with Gasteiger partial charge in [0.25, 0.3) is 5.91 Å². The van der Waals surface area contributed by atoms with Crippen LogP contribution in [0.15, 0.2) is 24.3 Å². The van der Waals surface area contributed by atoms with E-state index in [0.29, 0.717) is 22.3 Å². The lowest BCUT2D eigenvalue weighted by Crippen LogP contribution is -2.15. The largest absolute Gasteiger partial charge is 0.326 e. The van der Waals surface area contributed by atoms with Crippen LogP contribution in [0.1, 0.15) is 34.3 Å². The van der Waals surface area contributed by atoms with Crippen LogP contribution >= 0.6 is 11.3 Å². The number of carbonyl (C=O) groups is 2. The Labute approximate surface area is 139 Å². The minimum Gasteiger partial charge on any atom is -0.326 e. The first-order valence-corrected chi connectivity index (χ1v) is 8.42. The highest BCUT2D eigenvalue weighted by atomic mass is 32.1. The summed E-state index contributed by atoms with van der Waals surface area (Å²) in [6.45, 7) is 5.96. The van der Waals surface area contributed by atoms with Gasteiger partial charge in [-0.1, -0.05) is 6.92 Å². The highest BCUT2D eigenvalue weighted by Gasteiger charge is 2.39. The number of aromatic nitrogens is 1. The SMILES string of the molecule is Cc1nc(NC(=O)c2ccc(NC(=O)[C@@H]3C[C@@H]3C)cc2)sc1C. The maximum atomic E-state index is 12.2. The second kappa shape index (κ2) is 6.12. The fraction of sp³-hybridized carbons (Fsp3) is 0.353. The van der Waals surface area contributed by atoms with E-state index in [0.717, 1.165) is 17.0 Å². The van der Waals surface area contributed by atoms with Gasteiger partial charge in [-0.3, -0.25) is 14.9 Å². The van der Waals surface area contributed by atoms with Crippen molar-refractivity contribution in [2.24, 2.45) is 11.8 Å². The van der Waals surface area contributed by atoms with Crippen molar-refractivity contribution in [2.75, 3.05) is 10.6 Å². The number of hydrogen-bond donors (Lipinski definition) is 2. The molecule has 1 aliphatic rings. The molecule has 2 atom stereocenters. The molecule has 1 fully saturated rings. The number of amides is 2. The third-order valence-electron chi connectivity index (χ3n) is 4.11. The van der Waals surface area contributed by atoms with Gasteiger partial charge in [0.05, 0.1) is 5.69 Å². The first kappa shape index (κ1) is 15.7. The molecule has 0 spiro atoms. The molecule has 2 aromatic rings. The molecule has 0 bridgehead atoms. The normalized spacial score (nSPS) is 19.3. The van der Waals surface area contributed by atoms with Gasteiger partial charge in [-0.25, -0.2) is 4.98 Å². The van der Waals surface area contributed by atoms with Crippen molar-refractivity contribution < 1.29 is 9.59 Å². The molecule has 0 aliphatic heterocycles. The van der Waals surface area contributed by atoms with E-state index in [1.807, 2.05) is 13.8 Å². The predicted octanol–water partition coefficient (Wildman–Crippen LogP) is 3.61. The smallest absolute Gasteiger partial charge is 0.257 e. The van der Waals surface area contributed by atoms with Gasteiger partial charge < -0.3 is 5.32 Å². The van der Waals surface area contributed by atoms with Crippen LogP contribution in [-0.4, -0.2) is 16.8 Å². The van der Waals surface area contributed by atoms with E-state index in [1.54, 1.807) is 24.3 Å². The molecular formula is C17H19N3O2S. The van der Waals surface area contributed by atoms with Crippen molar-refractivity contribution in [1.82, 2.24) is 4.98 Å². The van der Waals surface area contributed by atoms with Gasteiger partial charge in [0.15, 0.2) is 5.13 Å². The zero-order chi connectivity index (χ0) is 16.6. The molecule has 120 valence electrons. The van der Waals surface area contributed by atoms with Crippen molar-refractivity contribution in [3.8, 4) is 0 Å². The van der Waals surface area contributed by atoms with Gasteiger partial charge in [-0.2, -0.15) is 0 Å². The molecule has 23 heavy (non-hydrogen) atoms. The molecule has 2 amide bonds. The summed E-state index contributed by atoms with van der Waals surface area (Å²) in [5, 5.41) is 6.28. The van der Waals surface area contributed by atoms with Crippen LogP contribution in [0.4, 0.5) is 10.8 Å². The highest BCUT2D eigenvalue weighted by molar-refractivity contribution is 7.15. The Morgan fingerprint density at radius 3 is 2.35 bits per heavy atom. The molecule has 1 aromatic carbocycles. The van der Waals surface area contributed by atoms with E-state index in [1.165, 1.54) is 11.3 Å². The second-order valence-corrected chi connectivity index (χ2v) is 7.20. The molecule has 0 unspecified atom stereocenters. The molecule has 1 heterocycles. The molecule has 1 aliphatic carbocycles. The molecule has 5 nitrogen and oxygen atoms in total. The van der Waals surface area contributed by atoms with Crippen LogP contribution in [0.25, 0.3) is 0 Å². The third-order valence-corrected chi connectivity index (χ3v) is 5.10. The zero-order valence-electron chi connectivity index (χ0n) is 13.3. The van der Waals surface area contributed by atoms with Crippen LogP contribution < -0.4 is 10.6 Å². The van der Waals surface area contributed by atoms with E-state index >= 15 is 0 Å². The van der Waals surface area contributed by atoms with Gasteiger partial charge in [0.2, 0.25) is 5.91 Å². The highest BCUT2D eigenvalue weighted by Crippen LogP contribution is 2.38. The minimum absolute atomic E-state index is 0.0587. The Morgan fingerprint density at radius 1 is 1.17 bits per heavy atom. The molecule has 0 radical (unpaired) electrons. The van der Waals surface area contributed by atoms with E-state index in [-0.39, 0.29) is 17.7 Å². The average Bonchev–Trinajstić information content (AvgIpc) is 3.16. The van der Waals surface area contributed by atoms with Crippen molar-refractivity contribution >= 4 is 34.0 Å². The Hall–Kier alpha value is -2.21. The Morgan fingerprint density at radius 2 is 1.83 bits per heavy atom. The minimum atomic E-state index is -0.201. The Balaban J connectivity index is 1.62. The number of rotatable bonds is 4. The number of anilines is 2. The van der Waals surface area contributed by atoms with Crippen molar-refractivity contribution in [1.29, 1.82) is 0 Å². The number of thiazole rings is 1. The monoisotopic (exact) mass is 329 g/mol.